The van der Waals surface area contributed by atoms with E-state index >= 15 is 0 Å². The number of aromatic nitrogens is 6. The summed E-state index contributed by atoms with van der Waals surface area (Å²) in [5.74, 6) is -0.581. The van der Waals surface area contributed by atoms with Gasteiger partial charge in [0.15, 0.2) is 0 Å². The molecule has 2 amide bonds. The summed E-state index contributed by atoms with van der Waals surface area (Å²) in [6.45, 7) is 1.87. The summed E-state index contributed by atoms with van der Waals surface area (Å²) in [7, 11) is 0. The van der Waals surface area contributed by atoms with Gasteiger partial charge in [0.1, 0.15) is 23.5 Å². The molecule has 2 aromatic carbocycles. The van der Waals surface area contributed by atoms with Crippen LogP contribution in [0, 0.1) is 18.2 Å². The lowest BCUT2D eigenvalue weighted by Crippen LogP contribution is -2.33. The van der Waals surface area contributed by atoms with Gasteiger partial charge in [-0.05, 0) is 71.2 Å². The van der Waals surface area contributed by atoms with Crippen molar-refractivity contribution in [3.05, 3.63) is 88.3 Å². The molecule has 3 N–H and O–H groups in total. The van der Waals surface area contributed by atoms with Crippen LogP contribution >= 0.6 is 0 Å². The van der Waals surface area contributed by atoms with Crippen molar-refractivity contribution in [2.45, 2.75) is 38.8 Å². The van der Waals surface area contributed by atoms with Gasteiger partial charge in [-0.15, -0.1) is 10.2 Å². The number of halogens is 1. The number of tetrazole rings is 1. The van der Waals surface area contributed by atoms with Gasteiger partial charge in [0, 0.05) is 18.2 Å². The average Bonchev–Trinajstić information content (AvgIpc) is 3.34. The van der Waals surface area contributed by atoms with Gasteiger partial charge in [0.2, 0.25) is 5.82 Å². The largest absolute Gasteiger partial charge is 0.347 e. The molecule has 2 aliphatic carbocycles. The monoisotopic (exact) mass is 498 g/mol. The molecular weight excluding hydrogens is 475 g/mol. The molecule has 1 spiro atoms. The first kappa shape index (κ1) is 22.9. The second-order valence-corrected chi connectivity index (χ2v) is 9.65. The van der Waals surface area contributed by atoms with Crippen LogP contribution < -0.4 is 10.6 Å². The van der Waals surface area contributed by atoms with Gasteiger partial charge in [-0.1, -0.05) is 24.3 Å². The van der Waals surface area contributed by atoms with Gasteiger partial charge in [-0.2, -0.15) is 5.21 Å². The van der Waals surface area contributed by atoms with Crippen molar-refractivity contribution in [1.29, 1.82) is 0 Å². The maximum Gasteiger partial charge on any atom is 0.270 e. The van der Waals surface area contributed by atoms with Crippen molar-refractivity contribution < 1.29 is 14.0 Å². The molecule has 1 fully saturated rings. The van der Waals surface area contributed by atoms with Gasteiger partial charge in [-0.25, -0.2) is 14.4 Å². The molecule has 0 bridgehead atoms. The van der Waals surface area contributed by atoms with Crippen LogP contribution in [0.25, 0.3) is 11.4 Å². The summed E-state index contributed by atoms with van der Waals surface area (Å²) >= 11 is 0. The molecule has 37 heavy (non-hydrogen) atoms. The van der Waals surface area contributed by atoms with Gasteiger partial charge < -0.3 is 10.6 Å². The van der Waals surface area contributed by atoms with Crippen molar-refractivity contribution in [1.82, 2.24) is 41.2 Å². The highest BCUT2D eigenvalue weighted by molar-refractivity contribution is 5.97. The molecule has 186 valence electrons. The number of hydrogen-bond donors (Lipinski definition) is 3. The predicted molar refractivity (Wildman–Crippen MR) is 130 cm³/mol. The second-order valence-electron chi connectivity index (χ2n) is 9.65. The van der Waals surface area contributed by atoms with Crippen LogP contribution in [0.2, 0.25) is 0 Å². The lowest BCUT2D eigenvalue weighted by atomic mass is 9.97. The molecule has 0 radical (unpaired) electrons. The molecule has 1 saturated carbocycles. The van der Waals surface area contributed by atoms with Crippen molar-refractivity contribution in [3.63, 3.8) is 0 Å². The van der Waals surface area contributed by atoms with Crippen molar-refractivity contribution in [2.75, 3.05) is 0 Å². The first-order chi connectivity index (χ1) is 17.9. The highest BCUT2D eigenvalue weighted by Gasteiger charge is 2.55. The number of aryl methyl sites for hydroxylation is 1. The molecular formula is C26H23FN8O2. The van der Waals surface area contributed by atoms with E-state index < -0.39 is 5.91 Å². The Labute approximate surface area is 211 Å². The number of H-pyrrole nitrogens is 1. The Morgan fingerprint density at radius 1 is 1.08 bits per heavy atom. The number of rotatable bonds is 6. The third-order valence-electron chi connectivity index (χ3n) is 7.19. The van der Waals surface area contributed by atoms with Gasteiger partial charge >= 0.3 is 0 Å². The Balaban J connectivity index is 1.16. The van der Waals surface area contributed by atoms with E-state index in [1.165, 1.54) is 18.5 Å². The normalized spacial score (nSPS) is 16.9. The lowest BCUT2D eigenvalue weighted by molar-refractivity contribution is 0.0915. The van der Waals surface area contributed by atoms with Crippen LogP contribution in [0.3, 0.4) is 0 Å². The number of nitrogens with zero attached hydrogens (tertiary/aromatic N) is 5. The maximum absolute atomic E-state index is 13.5. The zero-order chi connectivity index (χ0) is 25.6. The van der Waals surface area contributed by atoms with E-state index in [-0.39, 0.29) is 41.1 Å². The SMILES string of the molecule is Cc1cc(CNC(=O)c2cc(C(=O)N[C@@H]3c4ccc(-c5nn[nH]n5)cc4CC34CC4)ncn2)ccc1F. The zero-order valence-corrected chi connectivity index (χ0v) is 20.0. The van der Waals surface area contributed by atoms with Crippen molar-refractivity contribution in [3.8, 4) is 11.4 Å². The molecule has 11 heteroatoms. The molecule has 2 heterocycles. The molecule has 4 aromatic rings. The number of hydrogen-bond acceptors (Lipinski definition) is 7. The Morgan fingerprint density at radius 2 is 1.89 bits per heavy atom. The molecule has 2 aromatic heterocycles. The molecule has 10 nitrogen and oxygen atoms in total. The van der Waals surface area contributed by atoms with Gasteiger partial charge in [0.05, 0.1) is 6.04 Å². The smallest absolute Gasteiger partial charge is 0.270 e. The maximum atomic E-state index is 13.5. The first-order valence-corrected chi connectivity index (χ1v) is 11.9. The number of nitrogens with one attached hydrogen (secondary N) is 3. The molecule has 0 unspecified atom stereocenters. The summed E-state index contributed by atoms with van der Waals surface area (Å²) in [6.07, 6.45) is 4.10. The molecule has 6 rings (SSSR count). The number of carbonyl (C=O) groups is 2. The Morgan fingerprint density at radius 3 is 2.62 bits per heavy atom. The minimum Gasteiger partial charge on any atom is -0.347 e. The second kappa shape index (κ2) is 8.84. The number of carbonyl (C=O) groups excluding carboxylic acids is 2. The van der Waals surface area contributed by atoms with E-state index in [9.17, 15) is 14.0 Å². The standard InChI is InChI=1S/C26H23FN8O2/c1-14-8-15(2-5-19(14)27)12-28-24(36)20-10-21(30-13-29-20)25(37)31-22-18-4-3-16(23-32-34-35-33-23)9-17(18)11-26(22)6-7-26/h2-5,8-10,13,22H,6-7,11-12H2,1H3,(H,28,36)(H,31,37)(H,32,33,34,35)/t22-/m1/s1. The van der Waals surface area contributed by atoms with Crippen LogP contribution in [-0.4, -0.2) is 42.4 Å². The van der Waals surface area contributed by atoms with Crippen molar-refractivity contribution >= 4 is 11.8 Å². The first-order valence-electron chi connectivity index (χ1n) is 11.9. The average molecular weight is 499 g/mol. The van der Waals surface area contributed by atoms with E-state index in [1.807, 2.05) is 12.1 Å². The highest BCUT2D eigenvalue weighted by Crippen LogP contribution is 2.62. The Kier molecular flexibility index (Phi) is 5.47. The van der Waals surface area contributed by atoms with E-state index in [1.54, 1.807) is 19.1 Å². The van der Waals surface area contributed by atoms with Crippen LogP contribution in [0.15, 0.2) is 48.8 Å². The van der Waals surface area contributed by atoms with Gasteiger partial charge in [0.25, 0.3) is 11.8 Å². The van der Waals surface area contributed by atoms with Crippen molar-refractivity contribution in [2.24, 2.45) is 5.41 Å². The topological polar surface area (TPSA) is 138 Å². The fraction of sp³-hybridized carbons (Fsp3) is 0.269. The van der Waals surface area contributed by atoms with E-state index in [4.69, 9.17) is 0 Å². The van der Waals surface area contributed by atoms with Gasteiger partial charge in [-0.3, -0.25) is 9.59 Å². The van der Waals surface area contributed by atoms with E-state index in [0.717, 1.165) is 41.5 Å². The third-order valence-corrected chi connectivity index (χ3v) is 7.19. The van der Waals surface area contributed by atoms with E-state index in [2.05, 4.69) is 47.3 Å². The number of fused-ring (bicyclic) bond motifs is 1. The minimum absolute atomic E-state index is 0.00556. The zero-order valence-electron chi connectivity index (χ0n) is 20.0. The molecule has 0 aliphatic heterocycles. The summed E-state index contributed by atoms with van der Waals surface area (Å²) in [5.41, 5.74) is 4.55. The lowest BCUT2D eigenvalue weighted by Gasteiger charge is -2.21. The number of aromatic amines is 1. The molecule has 0 saturated heterocycles. The summed E-state index contributed by atoms with van der Waals surface area (Å²) in [6, 6.07) is 11.9. The third kappa shape index (κ3) is 4.32. The van der Waals surface area contributed by atoms with Crippen LogP contribution in [0.4, 0.5) is 4.39 Å². The highest BCUT2D eigenvalue weighted by atomic mass is 19.1. The quantitative estimate of drug-likeness (QED) is 0.372. The van der Waals surface area contributed by atoms with Crippen LogP contribution in [0.1, 0.15) is 62.1 Å². The van der Waals surface area contributed by atoms with E-state index in [0.29, 0.717) is 11.4 Å². The summed E-state index contributed by atoms with van der Waals surface area (Å²) in [4.78, 5) is 34.0. The van der Waals surface area contributed by atoms with Crippen LogP contribution in [-0.2, 0) is 13.0 Å². The number of amides is 2. The Hall–Kier alpha value is -4.54. The summed E-state index contributed by atoms with van der Waals surface area (Å²) < 4.78 is 13.5. The van der Waals surface area contributed by atoms with Crippen LogP contribution in [0.5, 0.6) is 0 Å². The molecule has 1 atom stereocenters. The molecule has 2 aliphatic rings. The fourth-order valence-electron chi connectivity index (χ4n) is 5.03. The number of benzene rings is 2. The predicted octanol–water partition coefficient (Wildman–Crippen LogP) is 2.84. The Bertz CT molecular complexity index is 1520. The fourth-order valence-corrected chi connectivity index (χ4v) is 5.03. The minimum atomic E-state index is -0.447. The summed E-state index contributed by atoms with van der Waals surface area (Å²) in [5, 5.41) is 20.1.